The summed E-state index contributed by atoms with van der Waals surface area (Å²) in [7, 11) is 0. The lowest BCUT2D eigenvalue weighted by Crippen LogP contribution is -2.24. The van der Waals surface area contributed by atoms with Gasteiger partial charge in [-0.1, -0.05) is 12.8 Å². The molecule has 0 aliphatic carbocycles. The van der Waals surface area contributed by atoms with Crippen molar-refractivity contribution in [2.24, 2.45) is 0 Å². The van der Waals surface area contributed by atoms with Crippen molar-refractivity contribution in [3.63, 3.8) is 0 Å². The Balaban J connectivity index is 1.94. The molecule has 0 bridgehead atoms. The molecule has 3 nitrogen and oxygen atoms in total. The van der Waals surface area contributed by atoms with E-state index in [4.69, 9.17) is 10.7 Å². The minimum Gasteiger partial charge on any atom is -0.399 e. The van der Waals surface area contributed by atoms with Gasteiger partial charge in [0.2, 0.25) is 0 Å². The van der Waals surface area contributed by atoms with E-state index in [1.165, 1.54) is 25.7 Å². The fourth-order valence-corrected chi connectivity index (χ4v) is 2.61. The van der Waals surface area contributed by atoms with Gasteiger partial charge in [-0.3, -0.25) is 0 Å². The van der Waals surface area contributed by atoms with E-state index in [0.717, 1.165) is 35.5 Å². The molecule has 0 saturated carbocycles. The van der Waals surface area contributed by atoms with Gasteiger partial charge < -0.3 is 10.6 Å². The van der Waals surface area contributed by atoms with E-state index in [9.17, 15) is 0 Å². The van der Waals surface area contributed by atoms with Crippen LogP contribution in [-0.2, 0) is 0 Å². The van der Waals surface area contributed by atoms with Crippen LogP contribution >= 0.6 is 0 Å². The zero-order valence-corrected chi connectivity index (χ0v) is 10.6. The lowest BCUT2D eigenvalue weighted by molar-refractivity contribution is 0.726. The molecule has 2 N–H and O–H groups in total. The molecule has 2 heterocycles. The Morgan fingerprint density at radius 3 is 2.50 bits per heavy atom. The van der Waals surface area contributed by atoms with E-state index in [-0.39, 0.29) is 0 Å². The topological polar surface area (TPSA) is 42.1 Å². The summed E-state index contributed by atoms with van der Waals surface area (Å²) in [6.07, 6.45) is 5.25. The van der Waals surface area contributed by atoms with Gasteiger partial charge in [0.25, 0.3) is 0 Å². The molecule has 0 amide bonds. The molecule has 0 unspecified atom stereocenters. The summed E-state index contributed by atoms with van der Waals surface area (Å²) in [6.45, 7) is 2.26. The van der Waals surface area contributed by atoms with Gasteiger partial charge in [-0.2, -0.15) is 0 Å². The van der Waals surface area contributed by atoms with Crippen LogP contribution in [0.3, 0.4) is 0 Å². The summed E-state index contributed by atoms with van der Waals surface area (Å²) in [6, 6.07) is 10.1. The highest BCUT2D eigenvalue weighted by Gasteiger charge is 2.11. The van der Waals surface area contributed by atoms with E-state index < -0.39 is 0 Å². The third kappa shape index (κ3) is 2.26. The molecule has 1 fully saturated rings. The monoisotopic (exact) mass is 241 g/mol. The maximum Gasteiger partial charge on any atom is 0.129 e. The standard InChI is InChI=1S/C15H19N3/c16-13-6-7-14-12(11-13)5-8-15(17-14)18-9-3-1-2-4-10-18/h5-8,11H,1-4,9-10,16H2. The number of fused-ring (bicyclic) bond motifs is 1. The van der Waals surface area contributed by atoms with Gasteiger partial charge in [0, 0.05) is 24.2 Å². The molecule has 94 valence electrons. The molecule has 1 saturated heterocycles. The molecule has 0 radical (unpaired) electrons. The van der Waals surface area contributed by atoms with Crippen molar-refractivity contribution in [2.45, 2.75) is 25.7 Å². The number of hydrogen-bond acceptors (Lipinski definition) is 3. The van der Waals surface area contributed by atoms with Crippen LogP contribution in [0.5, 0.6) is 0 Å². The van der Waals surface area contributed by atoms with Gasteiger partial charge in [0.1, 0.15) is 5.82 Å². The summed E-state index contributed by atoms with van der Waals surface area (Å²) in [5.41, 5.74) is 7.62. The highest BCUT2D eigenvalue weighted by atomic mass is 15.2. The molecule has 0 atom stereocenters. The molecule has 2 aromatic rings. The minimum absolute atomic E-state index is 0.798. The number of nitrogens with two attached hydrogens (primary N) is 1. The van der Waals surface area contributed by atoms with Gasteiger partial charge >= 0.3 is 0 Å². The minimum atomic E-state index is 0.798. The molecule has 1 aromatic carbocycles. The fraction of sp³-hybridized carbons (Fsp3) is 0.400. The summed E-state index contributed by atoms with van der Waals surface area (Å²) in [4.78, 5) is 7.16. The summed E-state index contributed by atoms with van der Waals surface area (Å²) >= 11 is 0. The molecule has 1 aliphatic rings. The Kier molecular flexibility index (Phi) is 3.05. The van der Waals surface area contributed by atoms with Crippen LogP contribution in [0.15, 0.2) is 30.3 Å². The van der Waals surface area contributed by atoms with E-state index in [0.29, 0.717) is 0 Å². The Hall–Kier alpha value is -1.77. The number of anilines is 2. The van der Waals surface area contributed by atoms with Crippen LogP contribution < -0.4 is 10.6 Å². The maximum absolute atomic E-state index is 5.79. The molecule has 0 spiro atoms. The average molecular weight is 241 g/mol. The lowest BCUT2D eigenvalue weighted by atomic mass is 10.2. The number of benzene rings is 1. The second-order valence-corrected chi connectivity index (χ2v) is 5.02. The maximum atomic E-state index is 5.79. The first-order valence-electron chi connectivity index (χ1n) is 6.74. The summed E-state index contributed by atoms with van der Waals surface area (Å²) < 4.78 is 0. The van der Waals surface area contributed by atoms with Crippen molar-refractivity contribution in [1.29, 1.82) is 0 Å². The van der Waals surface area contributed by atoms with Crippen molar-refractivity contribution in [1.82, 2.24) is 4.98 Å². The molecule has 18 heavy (non-hydrogen) atoms. The van der Waals surface area contributed by atoms with Crippen LogP contribution in [0.1, 0.15) is 25.7 Å². The molecule has 1 aliphatic heterocycles. The first-order valence-corrected chi connectivity index (χ1v) is 6.74. The van der Waals surface area contributed by atoms with E-state index in [2.05, 4.69) is 17.0 Å². The Bertz CT molecular complexity index is 542. The van der Waals surface area contributed by atoms with Crippen LogP contribution in [-0.4, -0.2) is 18.1 Å². The van der Waals surface area contributed by atoms with Crippen LogP contribution in [0.4, 0.5) is 11.5 Å². The summed E-state index contributed by atoms with van der Waals surface area (Å²) in [5.74, 6) is 1.11. The number of rotatable bonds is 1. The van der Waals surface area contributed by atoms with Crippen molar-refractivity contribution < 1.29 is 0 Å². The number of hydrogen-bond donors (Lipinski definition) is 1. The third-order valence-electron chi connectivity index (χ3n) is 3.63. The first-order chi connectivity index (χ1) is 8.83. The Labute approximate surface area is 108 Å². The number of pyridine rings is 1. The van der Waals surface area contributed by atoms with Gasteiger partial charge in [-0.25, -0.2) is 4.98 Å². The number of nitrogen functional groups attached to an aromatic ring is 1. The quantitative estimate of drug-likeness (QED) is 0.780. The summed E-state index contributed by atoms with van der Waals surface area (Å²) in [5, 5.41) is 1.12. The van der Waals surface area contributed by atoms with Gasteiger partial charge in [0.15, 0.2) is 0 Å². The van der Waals surface area contributed by atoms with Gasteiger partial charge in [-0.05, 0) is 43.2 Å². The Morgan fingerprint density at radius 1 is 0.944 bits per heavy atom. The van der Waals surface area contributed by atoms with Crippen molar-refractivity contribution in [3.8, 4) is 0 Å². The van der Waals surface area contributed by atoms with E-state index >= 15 is 0 Å². The molecule has 1 aromatic heterocycles. The smallest absolute Gasteiger partial charge is 0.129 e. The third-order valence-corrected chi connectivity index (χ3v) is 3.63. The van der Waals surface area contributed by atoms with Crippen molar-refractivity contribution in [2.75, 3.05) is 23.7 Å². The molecular weight excluding hydrogens is 222 g/mol. The van der Waals surface area contributed by atoms with Crippen molar-refractivity contribution >= 4 is 22.4 Å². The zero-order valence-electron chi connectivity index (χ0n) is 10.6. The second-order valence-electron chi connectivity index (χ2n) is 5.02. The molecular formula is C15H19N3. The van der Waals surface area contributed by atoms with Crippen LogP contribution in [0.25, 0.3) is 10.9 Å². The highest BCUT2D eigenvalue weighted by Crippen LogP contribution is 2.22. The SMILES string of the molecule is Nc1ccc2nc(N3CCCCCC3)ccc2c1. The predicted octanol–water partition coefficient (Wildman–Crippen LogP) is 3.20. The second kappa shape index (κ2) is 4.84. The molecule has 3 rings (SSSR count). The van der Waals surface area contributed by atoms with Gasteiger partial charge in [-0.15, -0.1) is 0 Å². The van der Waals surface area contributed by atoms with E-state index in [1.807, 2.05) is 18.2 Å². The van der Waals surface area contributed by atoms with Crippen molar-refractivity contribution in [3.05, 3.63) is 30.3 Å². The molecule has 3 heteroatoms. The number of aromatic nitrogens is 1. The Morgan fingerprint density at radius 2 is 1.72 bits per heavy atom. The fourth-order valence-electron chi connectivity index (χ4n) is 2.61. The number of nitrogens with zero attached hydrogens (tertiary/aromatic N) is 2. The average Bonchev–Trinajstić information content (AvgIpc) is 2.67. The van der Waals surface area contributed by atoms with E-state index in [1.54, 1.807) is 0 Å². The highest BCUT2D eigenvalue weighted by molar-refractivity contribution is 5.83. The first kappa shape index (κ1) is 11.3. The van der Waals surface area contributed by atoms with Crippen LogP contribution in [0, 0.1) is 0 Å². The zero-order chi connectivity index (χ0) is 12.4. The lowest BCUT2D eigenvalue weighted by Gasteiger charge is -2.21. The normalized spacial score (nSPS) is 16.8. The van der Waals surface area contributed by atoms with Crippen LogP contribution in [0.2, 0.25) is 0 Å². The van der Waals surface area contributed by atoms with Gasteiger partial charge in [0.05, 0.1) is 5.52 Å². The predicted molar refractivity (Wildman–Crippen MR) is 76.8 cm³/mol. The largest absolute Gasteiger partial charge is 0.399 e.